The molecule has 1 aliphatic heterocycles. The van der Waals surface area contributed by atoms with Gasteiger partial charge < -0.3 is 0 Å². The summed E-state index contributed by atoms with van der Waals surface area (Å²) in [6.07, 6.45) is 2.15. The first-order valence-corrected chi connectivity index (χ1v) is 8.43. The van der Waals surface area contributed by atoms with Gasteiger partial charge >= 0.3 is 0 Å². The largest absolute Gasteiger partial charge is 0.269 e. The summed E-state index contributed by atoms with van der Waals surface area (Å²) in [6.45, 7) is 6.60. The molecule has 1 N–H and O–H groups in total. The topological polar surface area (TPSA) is 32.3 Å². The summed E-state index contributed by atoms with van der Waals surface area (Å²) in [5.74, 6) is 1.76. The van der Waals surface area contributed by atoms with Crippen LogP contribution in [-0.4, -0.2) is 28.1 Å². The van der Waals surface area contributed by atoms with Crippen molar-refractivity contribution in [2.45, 2.75) is 45.0 Å². The van der Waals surface area contributed by atoms with Crippen LogP contribution in [0.3, 0.4) is 0 Å². The molecule has 1 heterocycles. The Kier molecular flexibility index (Phi) is 5.49. The molecule has 4 heteroatoms. The van der Waals surface area contributed by atoms with Crippen LogP contribution >= 0.6 is 11.8 Å². The van der Waals surface area contributed by atoms with Gasteiger partial charge in [-0.25, -0.2) is 5.43 Å². The van der Waals surface area contributed by atoms with Crippen LogP contribution in [0, 0.1) is 5.92 Å². The number of carbonyl (C=O) groups is 1. The highest BCUT2D eigenvalue weighted by molar-refractivity contribution is 7.99. The van der Waals surface area contributed by atoms with Crippen molar-refractivity contribution in [1.82, 2.24) is 10.4 Å². The number of hydrogen-bond acceptors (Lipinski definition) is 3. The quantitative estimate of drug-likeness (QED) is 0.901. The molecule has 0 bridgehead atoms. The predicted octanol–water partition coefficient (Wildman–Crippen LogP) is 3.53. The third-order valence-corrected chi connectivity index (χ3v) is 4.57. The van der Waals surface area contributed by atoms with Gasteiger partial charge in [-0.2, -0.15) is 0 Å². The van der Waals surface area contributed by atoms with E-state index in [0.29, 0.717) is 12.0 Å². The molecule has 1 aliphatic rings. The highest BCUT2D eigenvalue weighted by atomic mass is 32.2. The number of thioether (sulfide) groups is 1. The van der Waals surface area contributed by atoms with E-state index >= 15 is 0 Å². The molecule has 0 aromatic heterocycles. The standard InChI is InChI=1S/C16H24N2OS/c1-4-20-15-11-14(10-12(2)3)17-18(15)16(19)13-8-6-5-7-9-13/h5-9,12,14-15,17H,4,10-11H2,1-3H3/t14-,15+/m1/s1. The molecule has 0 saturated carbocycles. The number of nitrogens with one attached hydrogen (secondary N) is 1. The molecule has 3 nitrogen and oxygen atoms in total. The molecule has 0 unspecified atom stereocenters. The van der Waals surface area contributed by atoms with E-state index in [4.69, 9.17) is 0 Å². The van der Waals surface area contributed by atoms with Gasteiger partial charge in [0.25, 0.3) is 5.91 Å². The number of benzene rings is 1. The van der Waals surface area contributed by atoms with Crippen LogP contribution in [0.1, 0.15) is 44.0 Å². The van der Waals surface area contributed by atoms with Gasteiger partial charge in [-0.15, -0.1) is 11.8 Å². The van der Waals surface area contributed by atoms with Gasteiger partial charge in [0.05, 0.1) is 5.37 Å². The van der Waals surface area contributed by atoms with Gasteiger partial charge in [0.15, 0.2) is 0 Å². The van der Waals surface area contributed by atoms with Crippen LogP contribution < -0.4 is 5.43 Å². The van der Waals surface area contributed by atoms with E-state index < -0.39 is 0 Å². The fourth-order valence-electron chi connectivity index (χ4n) is 2.64. The van der Waals surface area contributed by atoms with Crippen molar-refractivity contribution in [3.8, 4) is 0 Å². The van der Waals surface area contributed by atoms with Gasteiger partial charge in [0.1, 0.15) is 0 Å². The third-order valence-electron chi connectivity index (χ3n) is 3.45. The lowest BCUT2D eigenvalue weighted by Gasteiger charge is -2.24. The maximum atomic E-state index is 12.6. The zero-order chi connectivity index (χ0) is 14.5. The van der Waals surface area contributed by atoms with Gasteiger partial charge in [-0.3, -0.25) is 9.80 Å². The maximum Gasteiger partial charge on any atom is 0.269 e. The molecule has 1 aromatic carbocycles. The Morgan fingerprint density at radius 2 is 2.10 bits per heavy atom. The molecule has 1 fully saturated rings. The molecule has 1 aromatic rings. The summed E-state index contributed by atoms with van der Waals surface area (Å²) in [7, 11) is 0. The van der Waals surface area contributed by atoms with Crippen molar-refractivity contribution >= 4 is 17.7 Å². The Hall–Kier alpha value is -1.00. The van der Waals surface area contributed by atoms with Crippen molar-refractivity contribution in [3.05, 3.63) is 35.9 Å². The molecular weight excluding hydrogens is 268 g/mol. The summed E-state index contributed by atoms with van der Waals surface area (Å²) in [5, 5.41) is 2.09. The second-order valence-electron chi connectivity index (χ2n) is 5.64. The Morgan fingerprint density at radius 3 is 2.70 bits per heavy atom. The van der Waals surface area contributed by atoms with Crippen LogP contribution in [0.25, 0.3) is 0 Å². The summed E-state index contributed by atoms with van der Waals surface area (Å²) in [6, 6.07) is 9.94. The number of amides is 1. The minimum atomic E-state index is 0.0859. The van der Waals surface area contributed by atoms with E-state index in [1.807, 2.05) is 47.1 Å². The monoisotopic (exact) mass is 292 g/mol. The van der Waals surface area contributed by atoms with Crippen molar-refractivity contribution in [3.63, 3.8) is 0 Å². The summed E-state index contributed by atoms with van der Waals surface area (Å²) >= 11 is 1.84. The lowest BCUT2D eigenvalue weighted by molar-refractivity contribution is 0.0692. The minimum Gasteiger partial charge on any atom is -0.268 e. The second-order valence-corrected chi connectivity index (χ2v) is 7.10. The van der Waals surface area contributed by atoms with E-state index in [0.717, 1.165) is 24.2 Å². The van der Waals surface area contributed by atoms with E-state index in [-0.39, 0.29) is 11.3 Å². The van der Waals surface area contributed by atoms with Crippen molar-refractivity contribution in [1.29, 1.82) is 0 Å². The van der Waals surface area contributed by atoms with Gasteiger partial charge in [-0.1, -0.05) is 39.0 Å². The van der Waals surface area contributed by atoms with Gasteiger partial charge in [0.2, 0.25) is 0 Å². The number of hydrogen-bond donors (Lipinski definition) is 1. The van der Waals surface area contributed by atoms with Crippen molar-refractivity contribution in [2.24, 2.45) is 5.92 Å². The molecule has 20 heavy (non-hydrogen) atoms. The molecule has 110 valence electrons. The fourth-order valence-corrected chi connectivity index (χ4v) is 3.70. The Labute approximate surface area is 126 Å². The van der Waals surface area contributed by atoms with Crippen LogP contribution in [0.2, 0.25) is 0 Å². The predicted molar refractivity (Wildman–Crippen MR) is 85.5 cm³/mol. The maximum absolute atomic E-state index is 12.6. The minimum absolute atomic E-state index is 0.0859. The number of hydrazine groups is 1. The third kappa shape index (κ3) is 3.76. The lowest BCUT2D eigenvalue weighted by Crippen LogP contribution is -2.43. The Balaban J connectivity index is 2.09. The van der Waals surface area contributed by atoms with E-state index in [1.54, 1.807) is 0 Å². The van der Waals surface area contributed by atoms with Crippen LogP contribution in [0.5, 0.6) is 0 Å². The molecule has 0 aliphatic carbocycles. The SMILES string of the molecule is CCS[C@H]1C[C@@H](CC(C)C)NN1C(=O)c1ccccc1. The zero-order valence-corrected chi connectivity index (χ0v) is 13.3. The van der Waals surface area contributed by atoms with Crippen molar-refractivity contribution in [2.75, 3.05) is 5.75 Å². The summed E-state index contributed by atoms with van der Waals surface area (Å²) in [5.41, 5.74) is 4.17. The molecular formula is C16H24N2OS. The van der Waals surface area contributed by atoms with Crippen molar-refractivity contribution < 1.29 is 4.79 Å². The Morgan fingerprint density at radius 1 is 1.40 bits per heavy atom. The van der Waals surface area contributed by atoms with Crippen LogP contribution in [0.15, 0.2) is 30.3 Å². The number of carbonyl (C=O) groups excluding carboxylic acids is 1. The molecule has 1 amide bonds. The van der Waals surface area contributed by atoms with E-state index in [1.165, 1.54) is 0 Å². The first-order chi connectivity index (χ1) is 9.61. The average Bonchev–Trinajstić information content (AvgIpc) is 2.81. The molecule has 2 rings (SSSR count). The van der Waals surface area contributed by atoms with Crippen LogP contribution in [0.4, 0.5) is 0 Å². The first-order valence-electron chi connectivity index (χ1n) is 7.38. The molecule has 0 spiro atoms. The van der Waals surface area contributed by atoms with E-state index in [9.17, 15) is 4.79 Å². The number of nitrogens with zero attached hydrogens (tertiary/aromatic N) is 1. The Bertz CT molecular complexity index is 435. The highest BCUT2D eigenvalue weighted by Crippen LogP contribution is 2.29. The highest BCUT2D eigenvalue weighted by Gasteiger charge is 2.35. The number of rotatable bonds is 5. The lowest BCUT2D eigenvalue weighted by atomic mass is 10.0. The summed E-state index contributed by atoms with van der Waals surface area (Å²) in [4.78, 5) is 12.6. The summed E-state index contributed by atoms with van der Waals surface area (Å²) < 4.78 is 0. The molecule has 2 atom stereocenters. The molecule has 1 saturated heterocycles. The van der Waals surface area contributed by atoms with Crippen LogP contribution in [-0.2, 0) is 0 Å². The van der Waals surface area contributed by atoms with Gasteiger partial charge in [-0.05, 0) is 36.6 Å². The van der Waals surface area contributed by atoms with E-state index in [2.05, 4.69) is 26.2 Å². The smallest absolute Gasteiger partial charge is 0.268 e. The second kappa shape index (κ2) is 7.14. The first kappa shape index (κ1) is 15.4. The fraction of sp³-hybridized carbons (Fsp3) is 0.562. The zero-order valence-electron chi connectivity index (χ0n) is 12.5. The normalized spacial score (nSPS) is 22.5. The van der Waals surface area contributed by atoms with Gasteiger partial charge in [0, 0.05) is 11.6 Å². The average molecular weight is 292 g/mol. The molecule has 0 radical (unpaired) electrons.